The number of nitrogens with zero attached hydrogens (tertiary/aromatic N) is 2. The summed E-state index contributed by atoms with van der Waals surface area (Å²) >= 11 is 0. The maximum Gasteiger partial charge on any atom is 0.243 e. The van der Waals surface area contributed by atoms with E-state index in [1.54, 1.807) is 19.2 Å². The SMILES string of the molecule is COc1ccccc1CNC(=O)[C@@H](C)N1CCCN(S(=O)(=O)c2ccc(C)cc2)CC1. The molecule has 0 spiro atoms. The van der Waals surface area contributed by atoms with Crippen molar-refractivity contribution in [2.75, 3.05) is 33.3 Å². The molecule has 0 bridgehead atoms. The number of carbonyl (C=O) groups is 1. The van der Waals surface area contributed by atoms with Crippen molar-refractivity contribution in [3.63, 3.8) is 0 Å². The lowest BCUT2D eigenvalue weighted by molar-refractivity contribution is -0.126. The van der Waals surface area contributed by atoms with Crippen LogP contribution in [-0.4, -0.2) is 62.9 Å². The normalized spacial score (nSPS) is 17.0. The van der Waals surface area contributed by atoms with E-state index in [9.17, 15) is 13.2 Å². The van der Waals surface area contributed by atoms with Crippen molar-refractivity contribution < 1.29 is 17.9 Å². The Morgan fingerprint density at radius 1 is 1.06 bits per heavy atom. The van der Waals surface area contributed by atoms with E-state index in [1.165, 1.54) is 4.31 Å². The van der Waals surface area contributed by atoms with E-state index in [2.05, 4.69) is 5.32 Å². The van der Waals surface area contributed by atoms with E-state index in [0.717, 1.165) is 16.9 Å². The number of methoxy groups -OCH3 is 1. The predicted molar refractivity (Wildman–Crippen MR) is 120 cm³/mol. The van der Waals surface area contributed by atoms with E-state index < -0.39 is 10.0 Å². The number of aryl methyl sites for hydroxylation is 1. The van der Waals surface area contributed by atoms with E-state index in [-0.39, 0.29) is 11.9 Å². The van der Waals surface area contributed by atoms with Crippen molar-refractivity contribution in [2.24, 2.45) is 0 Å². The average Bonchev–Trinajstić information content (AvgIpc) is 3.04. The first-order valence-corrected chi connectivity index (χ1v) is 12.0. The molecule has 31 heavy (non-hydrogen) atoms. The number of benzene rings is 2. The molecule has 8 heteroatoms. The summed E-state index contributed by atoms with van der Waals surface area (Å²) in [6, 6.07) is 14.2. The molecule has 0 unspecified atom stereocenters. The van der Waals surface area contributed by atoms with E-state index in [4.69, 9.17) is 4.74 Å². The lowest BCUT2D eigenvalue weighted by Crippen LogP contribution is -2.46. The van der Waals surface area contributed by atoms with Crippen molar-refractivity contribution >= 4 is 15.9 Å². The minimum absolute atomic E-state index is 0.0826. The summed E-state index contributed by atoms with van der Waals surface area (Å²) in [6.45, 7) is 6.16. The third kappa shape index (κ3) is 5.64. The maximum atomic E-state index is 13.0. The van der Waals surface area contributed by atoms with Gasteiger partial charge in [0, 0.05) is 38.3 Å². The highest BCUT2D eigenvalue weighted by atomic mass is 32.2. The molecule has 2 aromatic rings. The van der Waals surface area contributed by atoms with Crippen molar-refractivity contribution in [2.45, 2.75) is 37.8 Å². The molecule has 168 valence electrons. The van der Waals surface area contributed by atoms with Gasteiger partial charge in [0.15, 0.2) is 0 Å². The summed E-state index contributed by atoms with van der Waals surface area (Å²) in [6.07, 6.45) is 0.676. The maximum absolute atomic E-state index is 13.0. The monoisotopic (exact) mass is 445 g/mol. The number of hydrogen-bond acceptors (Lipinski definition) is 5. The number of nitrogens with one attached hydrogen (secondary N) is 1. The quantitative estimate of drug-likeness (QED) is 0.708. The molecule has 1 aliphatic rings. The summed E-state index contributed by atoms with van der Waals surface area (Å²) in [5.41, 5.74) is 1.94. The summed E-state index contributed by atoms with van der Waals surface area (Å²) in [7, 11) is -1.93. The lowest BCUT2D eigenvalue weighted by atomic mass is 10.2. The molecule has 1 amide bonds. The third-order valence-electron chi connectivity index (χ3n) is 5.72. The van der Waals surface area contributed by atoms with E-state index in [0.29, 0.717) is 44.0 Å². The first kappa shape index (κ1) is 23.2. The van der Waals surface area contributed by atoms with Gasteiger partial charge in [-0.1, -0.05) is 35.9 Å². The van der Waals surface area contributed by atoms with Gasteiger partial charge in [-0.15, -0.1) is 0 Å². The van der Waals surface area contributed by atoms with Crippen molar-refractivity contribution in [1.29, 1.82) is 0 Å². The topological polar surface area (TPSA) is 79.0 Å². The van der Waals surface area contributed by atoms with E-state index in [1.807, 2.05) is 55.1 Å². The van der Waals surface area contributed by atoms with E-state index >= 15 is 0 Å². The highest BCUT2D eigenvalue weighted by Crippen LogP contribution is 2.20. The van der Waals surface area contributed by atoms with Crippen molar-refractivity contribution in [3.05, 3.63) is 59.7 Å². The van der Waals surface area contributed by atoms with Gasteiger partial charge in [-0.05, 0) is 38.5 Å². The van der Waals surface area contributed by atoms with Gasteiger partial charge in [-0.25, -0.2) is 8.42 Å². The molecule has 1 heterocycles. The van der Waals surface area contributed by atoms with Gasteiger partial charge in [-0.3, -0.25) is 9.69 Å². The van der Waals surface area contributed by atoms with Crippen LogP contribution < -0.4 is 10.1 Å². The Kier molecular flexibility index (Phi) is 7.69. The van der Waals surface area contributed by atoms with Crippen LogP contribution in [0.5, 0.6) is 5.75 Å². The van der Waals surface area contributed by atoms with Crippen LogP contribution in [0.15, 0.2) is 53.4 Å². The molecule has 2 aromatic carbocycles. The van der Waals surface area contributed by atoms with Gasteiger partial charge in [0.25, 0.3) is 0 Å². The summed E-state index contributed by atoms with van der Waals surface area (Å²) in [5.74, 6) is 0.655. The second-order valence-corrected chi connectivity index (χ2v) is 9.75. The molecule has 7 nitrogen and oxygen atoms in total. The first-order valence-electron chi connectivity index (χ1n) is 10.5. The second kappa shape index (κ2) is 10.3. The fraction of sp³-hybridized carbons (Fsp3) is 0.435. The van der Waals surface area contributed by atoms with Crippen molar-refractivity contribution in [1.82, 2.24) is 14.5 Å². The van der Waals surface area contributed by atoms with Crippen LogP contribution in [0.1, 0.15) is 24.5 Å². The molecule has 1 saturated heterocycles. The number of rotatable bonds is 7. The summed E-state index contributed by atoms with van der Waals surface area (Å²) < 4.78 is 32.9. The molecule has 3 rings (SSSR count). The molecule has 0 aliphatic carbocycles. The van der Waals surface area contributed by atoms with Gasteiger partial charge < -0.3 is 10.1 Å². The fourth-order valence-corrected chi connectivity index (χ4v) is 5.22. The molecular formula is C23H31N3O4S. The van der Waals surface area contributed by atoms with Crippen molar-refractivity contribution in [3.8, 4) is 5.75 Å². The summed E-state index contributed by atoms with van der Waals surface area (Å²) in [5, 5.41) is 2.97. The number of sulfonamides is 1. The number of para-hydroxylation sites is 1. The molecule has 1 atom stereocenters. The number of hydrogen-bond donors (Lipinski definition) is 1. The van der Waals surface area contributed by atoms with Crippen LogP contribution >= 0.6 is 0 Å². The van der Waals surface area contributed by atoms with Gasteiger partial charge in [0.2, 0.25) is 15.9 Å². The largest absolute Gasteiger partial charge is 0.496 e. The lowest BCUT2D eigenvalue weighted by Gasteiger charge is -2.27. The Morgan fingerprint density at radius 3 is 2.48 bits per heavy atom. The Labute approximate surface area is 185 Å². The molecule has 1 fully saturated rings. The molecule has 0 radical (unpaired) electrons. The second-order valence-electron chi connectivity index (χ2n) is 7.81. The zero-order valence-electron chi connectivity index (χ0n) is 18.4. The number of amides is 1. The van der Waals surface area contributed by atoms with Crippen LogP contribution in [0.2, 0.25) is 0 Å². The molecule has 1 aliphatic heterocycles. The number of carbonyl (C=O) groups excluding carboxylic acids is 1. The summed E-state index contributed by atoms with van der Waals surface area (Å²) in [4.78, 5) is 15.1. The highest BCUT2D eigenvalue weighted by molar-refractivity contribution is 7.89. The van der Waals surface area contributed by atoms with Gasteiger partial charge in [0.1, 0.15) is 5.75 Å². The molecule has 1 N–H and O–H groups in total. The minimum atomic E-state index is -3.53. The third-order valence-corrected chi connectivity index (χ3v) is 7.63. The zero-order valence-corrected chi connectivity index (χ0v) is 19.2. The van der Waals surface area contributed by atoms with Crippen LogP contribution in [0.25, 0.3) is 0 Å². The number of ether oxygens (including phenoxy) is 1. The van der Waals surface area contributed by atoms with Crippen LogP contribution in [-0.2, 0) is 21.4 Å². The molecule has 0 aromatic heterocycles. The Hall–Kier alpha value is -2.42. The highest BCUT2D eigenvalue weighted by Gasteiger charge is 2.29. The van der Waals surface area contributed by atoms with Crippen LogP contribution in [0.4, 0.5) is 0 Å². The Morgan fingerprint density at radius 2 is 1.77 bits per heavy atom. The fourth-order valence-electron chi connectivity index (χ4n) is 3.75. The van der Waals surface area contributed by atoms with Gasteiger partial charge >= 0.3 is 0 Å². The van der Waals surface area contributed by atoms with Crippen LogP contribution in [0.3, 0.4) is 0 Å². The predicted octanol–water partition coefficient (Wildman–Crippen LogP) is 2.40. The van der Waals surface area contributed by atoms with Gasteiger partial charge in [-0.2, -0.15) is 4.31 Å². The van der Waals surface area contributed by atoms with Gasteiger partial charge in [0.05, 0.1) is 18.0 Å². The Balaban J connectivity index is 1.59. The Bertz CT molecular complexity index is 992. The average molecular weight is 446 g/mol. The smallest absolute Gasteiger partial charge is 0.243 e. The standard InChI is InChI=1S/C23H31N3O4S/c1-18-9-11-21(12-10-18)31(28,29)26-14-6-13-25(15-16-26)19(2)23(27)24-17-20-7-4-5-8-22(20)30-3/h4-5,7-12,19H,6,13-17H2,1-3H3,(H,24,27)/t19-/m1/s1. The first-order chi connectivity index (χ1) is 14.8. The molecular weight excluding hydrogens is 414 g/mol. The molecule has 0 saturated carbocycles. The van der Waals surface area contributed by atoms with Crippen LogP contribution in [0, 0.1) is 6.92 Å². The minimum Gasteiger partial charge on any atom is -0.496 e. The zero-order chi connectivity index (χ0) is 22.4.